The van der Waals surface area contributed by atoms with Gasteiger partial charge in [0.05, 0.1) is 10.8 Å². The predicted molar refractivity (Wildman–Crippen MR) is 50.5 cm³/mol. The minimum Gasteiger partial charge on any atom is -0.619 e. The zero-order valence-electron chi connectivity index (χ0n) is 7.18. The van der Waals surface area contributed by atoms with Crippen molar-refractivity contribution >= 4 is 22.1 Å². The molecule has 0 saturated heterocycles. The first-order valence-electron chi connectivity index (χ1n) is 4.21. The molecule has 68 valence electrons. The molecule has 0 spiro atoms. The minimum atomic E-state index is 0.564. The van der Waals surface area contributed by atoms with Gasteiger partial charge in [0.1, 0.15) is 5.58 Å². The number of rotatable bonds is 0. The summed E-state index contributed by atoms with van der Waals surface area (Å²) < 4.78 is 6.20. The number of nitrogens with zero attached hydrogens (tertiary/aromatic N) is 2. The van der Waals surface area contributed by atoms with Gasteiger partial charge in [-0.3, -0.25) is 0 Å². The van der Waals surface area contributed by atoms with E-state index in [0.717, 1.165) is 15.5 Å². The summed E-state index contributed by atoms with van der Waals surface area (Å²) in [6, 6.07) is 5.34. The van der Waals surface area contributed by atoms with Gasteiger partial charge in [0.25, 0.3) is 0 Å². The Kier molecular flexibility index (Phi) is 1.28. The number of fused-ring (bicyclic) bond motifs is 3. The van der Waals surface area contributed by atoms with Crippen LogP contribution in [0, 0.1) is 5.21 Å². The van der Waals surface area contributed by atoms with Gasteiger partial charge in [-0.2, -0.15) is 4.73 Å². The van der Waals surface area contributed by atoms with Gasteiger partial charge in [-0.05, 0) is 12.1 Å². The molecule has 4 heteroatoms. The first kappa shape index (κ1) is 7.32. The first-order valence-corrected chi connectivity index (χ1v) is 4.21. The third-order valence-electron chi connectivity index (χ3n) is 2.16. The first-order chi connectivity index (χ1) is 6.84. The number of pyridine rings is 2. The highest BCUT2D eigenvalue weighted by Crippen LogP contribution is 2.24. The largest absolute Gasteiger partial charge is 0.619 e. The van der Waals surface area contributed by atoms with Crippen LogP contribution in [0.3, 0.4) is 0 Å². The van der Waals surface area contributed by atoms with E-state index in [0.29, 0.717) is 11.3 Å². The molecular formula is C10H6N2O2. The van der Waals surface area contributed by atoms with Crippen LogP contribution < -0.4 is 4.73 Å². The third-order valence-corrected chi connectivity index (χ3v) is 2.16. The molecule has 3 aromatic rings. The van der Waals surface area contributed by atoms with Crippen LogP contribution in [0.4, 0.5) is 0 Å². The highest BCUT2D eigenvalue weighted by molar-refractivity contribution is 6.02. The summed E-state index contributed by atoms with van der Waals surface area (Å²) in [5.74, 6) is 0. The fourth-order valence-electron chi connectivity index (χ4n) is 1.54. The molecule has 3 aromatic heterocycles. The summed E-state index contributed by atoms with van der Waals surface area (Å²) in [4.78, 5) is 4.07. The quantitative estimate of drug-likeness (QED) is 0.396. The van der Waals surface area contributed by atoms with E-state index in [1.807, 2.05) is 12.1 Å². The molecule has 0 radical (unpaired) electrons. The molecule has 0 fully saturated rings. The van der Waals surface area contributed by atoms with Crippen LogP contribution >= 0.6 is 0 Å². The van der Waals surface area contributed by atoms with Crippen molar-refractivity contribution in [3.8, 4) is 0 Å². The summed E-state index contributed by atoms with van der Waals surface area (Å²) in [5.41, 5.74) is 1.25. The van der Waals surface area contributed by atoms with Crippen LogP contribution in [0.2, 0.25) is 0 Å². The Labute approximate surface area is 79.0 Å². The molecule has 0 aliphatic rings. The van der Waals surface area contributed by atoms with E-state index >= 15 is 0 Å². The van der Waals surface area contributed by atoms with Crippen LogP contribution in [-0.4, -0.2) is 4.98 Å². The smallest absolute Gasteiger partial charge is 0.227 e. The Bertz CT molecular complexity index is 616. The number of aromatic nitrogens is 2. The summed E-state index contributed by atoms with van der Waals surface area (Å²) >= 11 is 0. The molecule has 0 bridgehead atoms. The zero-order chi connectivity index (χ0) is 9.54. The lowest BCUT2D eigenvalue weighted by Crippen LogP contribution is -2.23. The Balaban J connectivity index is 2.58. The average Bonchev–Trinajstić information content (AvgIpc) is 2.56. The molecule has 0 unspecified atom stereocenters. The number of hydrogen-bond acceptors (Lipinski definition) is 3. The van der Waals surface area contributed by atoms with Crippen molar-refractivity contribution < 1.29 is 9.15 Å². The molecule has 0 atom stereocenters. The van der Waals surface area contributed by atoms with E-state index in [9.17, 15) is 5.21 Å². The van der Waals surface area contributed by atoms with Crippen molar-refractivity contribution in [1.82, 2.24) is 4.98 Å². The molecular weight excluding hydrogens is 180 g/mol. The highest BCUT2D eigenvalue weighted by Gasteiger charge is 2.09. The Morgan fingerprint density at radius 3 is 3.14 bits per heavy atom. The molecule has 0 aliphatic carbocycles. The summed E-state index contributed by atoms with van der Waals surface area (Å²) in [6.07, 6.45) is 4.56. The van der Waals surface area contributed by atoms with E-state index < -0.39 is 0 Å². The second kappa shape index (κ2) is 2.45. The molecule has 0 amide bonds. The van der Waals surface area contributed by atoms with Crippen LogP contribution in [0.5, 0.6) is 0 Å². The van der Waals surface area contributed by atoms with Gasteiger partial charge < -0.3 is 9.62 Å². The second-order valence-electron chi connectivity index (χ2n) is 3.04. The zero-order valence-corrected chi connectivity index (χ0v) is 7.18. The van der Waals surface area contributed by atoms with Gasteiger partial charge in [0.15, 0.2) is 12.4 Å². The predicted octanol–water partition coefficient (Wildman–Crippen LogP) is 1.61. The molecule has 3 heterocycles. The van der Waals surface area contributed by atoms with Crippen molar-refractivity contribution in [2.45, 2.75) is 0 Å². The Morgan fingerprint density at radius 2 is 2.21 bits per heavy atom. The molecule has 3 rings (SSSR count). The maximum atomic E-state index is 11.1. The van der Waals surface area contributed by atoms with Crippen molar-refractivity contribution in [1.29, 1.82) is 0 Å². The maximum Gasteiger partial charge on any atom is 0.227 e. The summed E-state index contributed by atoms with van der Waals surface area (Å²) in [5, 5.41) is 12.7. The van der Waals surface area contributed by atoms with Gasteiger partial charge in [0, 0.05) is 12.3 Å². The van der Waals surface area contributed by atoms with Gasteiger partial charge in [0.2, 0.25) is 5.71 Å². The Hall–Kier alpha value is -2.10. The van der Waals surface area contributed by atoms with Crippen molar-refractivity contribution in [3.63, 3.8) is 0 Å². The van der Waals surface area contributed by atoms with Gasteiger partial charge >= 0.3 is 0 Å². The second-order valence-corrected chi connectivity index (χ2v) is 3.04. The maximum absolute atomic E-state index is 11.1. The molecule has 0 N–H and O–H groups in total. The lowest BCUT2D eigenvalue weighted by molar-refractivity contribution is -0.603. The number of hydrogen-bond donors (Lipinski definition) is 0. The summed E-state index contributed by atoms with van der Waals surface area (Å²) in [7, 11) is 0. The van der Waals surface area contributed by atoms with Gasteiger partial charge in [-0.15, -0.1) is 0 Å². The highest BCUT2D eigenvalue weighted by atomic mass is 16.5. The molecule has 0 saturated carbocycles. The van der Waals surface area contributed by atoms with E-state index in [-0.39, 0.29) is 0 Å². The van der Waals surface area contributed by atoms with E-state index in [1.54, 1.807) is 12.3 Å². The SMILES string of the molecule is [O-][n+]1ccc2oc3ncccc3c2c1. The molecule has 14 heavy (non-hydrogen) atoms. The Morgan fingerprint density at radius 1 is 1.29 bits per heavy atom. The van der Waals surface area contributed by atoms with E-state index in [4.69, 9.17) is 4.42 Å². The molecule has 0 aromatic carbocycles. The molecule has 0 aliphatic heterocycles. The monoisotopic (exact) mass is 186 g/mol. The van der Waals surface area contributed by atoms with Crippen LogP contribution in [0.1, 0.15) is 0 Å². The van der Waals surface area contributed by atoms with Gasteiger partial charge in [-0.25, -0.2) is 4.98 Å². The number of furan rings is 1. The van der Waals surface area contributed by atoms with Gasteiger partial charge in [-0.1, -0.05) is 0 Å². The van der Waals surface area contributed by atoms with Crippen LogP contribution in [0.25, 0.3) is 22.1 Å². The summed E-state index contributed by atoms with van der Waals surface area (Å²) in [6.45, 7) is 0. The molecule has 4 nitrogen and oxygen atoms in total. The lowest BCUT2D eigenvalue weighted by Gasteiger charge is -1.92. The third kappa shape index (κ3) is 0.877. The average molecular weight is 186 g/mol. The van der Waals surface area contributed by atoms with Crippen LogP contribution in [0.15, 0.2) is 41.2 Å². The van der Waals surface area contributed by atoms with Crippen LogP contribution in [-0.2, 0) is 0 Å². The fourth-order valence-corrected chi connectivity index (χ4v) is 1.54. The lowest BCUT2D eigenvalue weighted by atomic mass is 10.2. The van der Waals surface area contributed by atoms with Crippen molar-refractivity contribution in [2.75, 3.05) is 0 Å². The topological polar surface area (TPSA) is 53.0 Å². The van der Waals surface area contributed by atoms with E-state index in [2.05, 4.69) is 4.98 Å². The normalized spacial score (nSPS) is 11.1. The minimum absolute atomic E-state index is 0.564. The van der Waals surface area contributed by atoms with Crippen molar-refractivity contribution in [3.05, 3.63) is 42.0 Å². The fraction of sp³-hybridized carbons (Fsp3) is 0. The standard InChI is InChI=1S/C10H6N2O2/c13-12-5-3-9-8(6-12)7-2-1-4-11-10(7)14-9/h1-6H. The van der Waals surface area contributed by atoms with E-state index in [1.165, 1.54) is 12.4 Å². The van der Waals surface area contributed by atoms with Crippen molar-refractivity contribution in [2.24, 2.45) is 0 Å².